The Kier molecular flexibility index (Phi) is 6.67. The fourth-order valence-corrected chi connectivity index (χ4v) is 3.72. The number of halogens is 1. The minimum Gasteiger partial charge on any atom is -0.491 e. The predicted molar refractivity (Wildman–Crippen MR) is 121 cm³/mol. The molecule has 0 fully saturated rings. The Morgan fingerprint density at radius 1 is 1.09 bits per heavy atom. The smallest absolute Gasteiger partial charge is 0.260 e. The van der Waals surface area contributed by atoms with Crippen LogP contribution >= 0.6 is 0 Å². The molecule has 33 heavy (non-hydrogen) atoms. The Bertz CT molecular complexity index is 1150. The SMILES string of the molecule is COc1cc(-c2cc(C)c3c(n2)CN(c2ccc(OCCCCF)nc2)C3=O)cnc1OC. The van der Waals surface area contributed by atoms with E-state index in [1.807, 2.05) is 19.1 Å². The summed E-state index contributed by atoms with van der Waals surface area (Å²) in [5.74, 6) is 1.22. The highest BCUT2D eigenvalue weighted by atomic mass is 19.1. The van der Waals surface area contributed by atoms with Gasteiger partial charge in [0.15, 0.2) is 5.75 Å². The number of nitrogens with zero attached hydrogens (tertiary/aromatic N) is 4. The maximum atomic E-state index is 13.1. The number of ether oxygens (including phenoxy) is 3. The number of methoxy groups -OCH3 is 2. The first-order valence-electron chi connectivity index (χ1n) is 10.6. The molecule has 0 N–H and O–H groups in total. The summed E-state index contributed by atoms with van der Waals surface area (Å²) in [6.45, 7) is 2.28. The molecule has 0 unspecified atom stereocenters. The van der Waals surface area contributed by atoms with Gasteiger partial charge in [0.25, 0.3) is 11.8 Å². The minimum absolute atomic E-state index is 0.120. The number of alkyl halides is 1. The number of amides is 1. The molecule has 0 saturated carbocycles. The van der Waals surface area contributed by atoms with Gasteiger partial charge in [-0.25, -0.2) is 9.97 Å². The third kappa shape index (κ3) is 4.57. The van der Waals surface area contributed by atoms with E-state index < -0.39 is 0 Å². The zero-order valence-electron chi connectivity index (χ0n) is 18.8. The van der Waals surface area contributed by atoms with Crippen LogP contribution in [-0.2, 0) is 6.54 Å². The van der Waals surface area contributed by atoms with Gasteiger partial charge < -0.3 is 19.1 Å². The normalized spacial score (nSPS) is 12.6. The molecule has 0 atom stereocenters. The van der Waals surface area contributed by atoms with E-state index in [0.717, 1.165) is 11.1 Å². The molecule has 0 bridgehead atoms. The second-order valence-corrected chi connectivity index (χ2v) is 7.57. The summed E-state index contributed by atoms with van der Waals surface area (Å²) in [7, 11) is 3.08. The lowest BCUT2D eigenvalue weighted by Gasteiger charge is -2.15. The molecule has 172 valence electrons. The number of hydrogen-bond acceptors (Lipinski definition) is 7. The number of aromatic nitrogens is 3. The fourth-order valence-electron chi connectivity index (χ4n) is 3.72. The molecule has 0 aliphatic carbocycles. The second-order valence-electron chi connectivity index (χ2n) is 7.57. The third-order valence-corrected chi connectivity index (χ3v) is 5.40. The highest BCUT2D eigenvalue weighted by Crippen LogP contribution is 2.34. The van der Waals surface area contributed by atoms with E-state index in [9.17, 15) is 9.18 Å². The Balaban J connectivity index is 1.55. The van der Waals surface area contributed by atoms with Gasteiger partial charge in [-0.15, -0.1) is 0 Å². The first-order chi connectivity index (χ1) is 16.0. The molecule has 0 saturated heterocycles. The number of pyridine rings is 3. The van der Waals surface area contributed by atoms with Crippen molar-refractivity contribution in [2.45, 2.75) is 26.3 Å². The van der Waals surface area contributed by atoms with E-state index in [-0.39, 0.29) is 12.6 Å². The van der Waals surface area contributed by atoms with E-state index in [1.54, 1.807) is 36.5 Å². The van der Waals surface area contributed by atoms with Gasteiger partial charge >= 0.3 is 0 Å². The van der Waals surface area contributed by atoms with E-state index in [0.29, 0.717) is 66.1 Å². The summed E-state index contributed by atoms with van der Waals surface area (Å²) in [4.78, 5) is 28.1. The highest BCUT2D eigenvalue weighted by Gasteiger charge is 2.32. The monoisotopic (exact) mass is 452 g/mol. The topological polar surface area (TPSA) is 86.7 Å². The van der Waals surface area contributed by atoms with Crippen molar-refractivity contribution in [1.29, 1.82) is 0 Å². The second kappa shape index (κ2) is 9.81. The number of hydrogen-bond donors (Lipinski definition) is 0. The largest absolute Gasteiger partial charge is 0.491 e. The first-order valence-corrected chi connectivity index (χ1v) is 10.6. The highest BCUT2D eigenvalue weighted by molar-refractivity contribution is 6.10. The Labute approximate surface area is 191 Å². The van der Waals surface area contributed by atoms with Crippen LogP contribution in [0.25, 0.3) is 11.3 Å². The van der Waals surface area contributed by atoms with Crippen LogP contribution in [0.4, 0.5) is 10.1 Å². The quantitative estimate of drug-likeness (QED) is 0.451. The number of fused-ring (bicyclic) bond motifs is 1. The number of rotatable bonds is 9. The zero-order valence-corrected chi connectivity index (χ0v) is 18.8. The zero-order chi connectivity index (χ0) is 23.4. The third-order valence-electron chi connectivity index (χ3n) is 5.40. The molecule has 4 heterocycles. The Hall–Kier alpha value is -3.75. The molecule has 9 heteroatoms. The van der Waals surface area contributed by atoms with Gasteiger partial charge in [-0.05, 0) is 43.5 Å². The summed E-state index contributed by atoms with van der Waals surface area (Å²) < 4.78 is 28.2. The van der Waals surface area contributed by atoms with Crippen molar-refractivity contribution >= 4 is 11.6 Å². The number of aryl methyl sites for hydroxylation is 1. The van der Waals surface area contributed by atoms with Crippen LogP contribution in [0.15, 0.2) is 36.7 Å². The number of carbonyl (C=O) groups is 1. The van der Waals surface area contributed by atoms with Crippen molar-refractivity contribution in [1.82, 2.24) is 15.0 Å². The van der Waals surface area contributed by atoms with Crippen molar-refractivity contribution in [3.8, 4) is 28.8 Å². The molecule has 3 aromatic rings. The van der Waals surface area contributed by atoms with Gasteiger partial charge in [0.1, 0.15) is 0 Å². The van der Waals surface area contributed by atoms with Gasteiger partial charge in [-0.2, -0.15) is 0 Å². The number of unbranched alkanes of at least 4 members (excludes halogenated alkanes) is 1. The van der Waals surface area contributed by atoms with Crippen LogP contribution in [0.2, 0.25) is 0 Å². The lowest BCUT2D eigenvalue weighted by molar-refractivity contribution is 0.0996. The molecule has 8 nitrogen and oxygen atoms in total. The van der Waals surface area contributed by atoms with Crippen LogP contribution in [0.3, 0.4) is 0 Å². The van der Waals surface area contributed by atoms with Crippen LogP contribution in [0, 0.1) is 6.92 Å². The molecular weight excluding hydrogens is 427 g/mol. The van der Waals surface area contributed by atoms with Gasteiger partial charge in [-0.3, -0.25) is 14.2 Å². The average Bonchev–Trinajstić information content (AvgIpc) is 3.18. The van der Waals surface area contributed by atoms with Crippen molar-refractivity contribution < 1.29 is 23.4 Å². The molecule has 1 aliphatic rings. The van der Waals surface area contributed by atoms with Gasteiger partial charge in [0.05, 0.1) is 62.9 Å². The van der Waals surface area contributed by atoms with E-state index in [4.69, 9.17) is 19.2 Å². The molecule has 0 aromatic carbocycles. The summed E-state index contributed by atoms with van der Waals surface area (Å²) in [5, 5.41) is 0. The van der Waals surface area contributed by atoms with Crippen LogP contribution in [-0.4, -0.2) is 48.4 Å². The minimum atomic E-state index is -0.356. The number of carbonyl (C=O) groups excluding carboxylic acids is 1. The summed E-state index contributed by atoms with van der Waals surface area (Å²) >= 11 is 0. The maximum Gasteiger partial charge on any atom is 0.260 e. The number of anilines is 1. The van der Waals surface area contributed by atoms with Crippen molar-refractivity contribution in [2.24, 2.45) is 0 Å². The summed E-state index contributed by atoms with van der Waals surface area (Å²) in [5.41, 5.74) is 4.24. The first kappa shape index (κ1) is 22.4. The lowest BCUT2D eigenvalue weighted by atomic mass is 10.1. The van der Waals surface area contributed by atoms with E-state index in [2.05, 4.69) is 9.97 Å². The summed E-state index contributed by atoms with van der Waals surface area (Å²) in [6, 6.07) is 7.18. The Morgan fingerprint density at radius 3 is 2.64 bits per heavy atom. The van der Waals surface area contributed by atoms with E-state index in [1.165, 1.54) is 7.11 Å². The van der Waals surface area contributed by atoms with Crippen molar-refractivity contribution in [3.63, 3.8) is 0 Å². The fraction of sp³-hybridized carbons (Fsp3) is 0.333. The molecule has 0 radical (unpaired) electrons. The van der Waals surface area contributed by atoms with Gasteiger partial charge in [0, 0.05) is 17.8 Å². The van der Waals surface area contributed by atoms with Crippen LogP contribution in [0.5, 0.6) is 17.5 Å². The van der Waals surface area contributed by atoms with Crippen LogP contribution < -0.4 is 19.1 Å². The molecule has 0 spiro atoms. The average molecular weight is 452 g/mol. The summed E-state index contributed by atoms with van der Waals surface area (Å²) in [6.07, 6.45) is 4.36. The predicted octanol–water partition coefficient (Wildman–Crippen LogP) is 4.15. The standard InChI is InChI=1S/C24H25FN4O4/c1-15-10-18(16-11-20(31-2)23(32-3)27-12-16)28-19-14-29(24(30)22(15)19)17-6-7-21(26-13-17)33-9-5-4-8-25/h6-7,10-13H,4-5,8-9,14H2,1-3H3. The molecular formula is C24H25FN4O4. The maximum absolute atomic E-state index is 13.1. The molecule has 4 rings (SSSR count). The van der Waals surface area contributed by atoms with Crippen molar-refractivity contribution in [2.75, 3.05) is 32.4 Å². The van der Waals surface area contributed by atoms with E-state index >= 15 is 0 Å². The molecule has 3 aromatic heterocycles. The Morgan fingerprint density at radius 2 is 1.94 bits per heavy atom. The van der Waals surface area contributed by atoms with Crippen molar-refractivity contribution in [3.05, 3.63) is 53.5 Å². The lowest BCUT2D eigenvalue weighted by Crippen LogP contribution is -2.23. The molecule has 1 aliphatic heterocycles. The molecule has 1 amide bonds. The van der Waals surface area contributed by atoms with Crippen LogP contribution in [0.1, 0.15) is 34.5 Å². The van der Waals surface area contributed by atoms with Gasteiger partial charge in [0.2, 0.25) is 5.88 Å². The van der Waals surface area contributed by atoms with Gasteiger partial charge in [-0.1, -0.05) is 0 Å².